The molecular formula is C20H10Br2. The summed E-state index contributed by atoms with van der Waals surface area (Å²) in [6, 6.07) is 21.9. The minimum Gasteiger partial charge on any atom is -0.0610 e. The largest absolute Gasteiger partial charge is 0.0610 e. The first-order valence-corrected chi connectivity index (χ1v) is 8.77. The van der Waals surface area contributed by atoms with Crippen LogP contribution in [0.25, 0.3) is 43.1 Å². The lowest BCUT2D eigenvalue weighted by atomic mass is 9.90. The second-order valence-corrected chi connectivity index (χ2v) is 7.35. The van der Waals surface area contributed by atoms with Crippen LogP contribution in [-0.4, -0.2) is 0 Å². The average Bonchev–Trinajstić information content (AvgIpc) is 2.55. The summed E-state index contributed by atoms with van der Waals surface area (Å²) in [6.45, 7) is 0. The Bertz CT molecular complexity index is 1070. The summed E-state index contributed by atoms with van der Waals surface area (Å²) in [5, 5.41) is 10.5. The smallest absolute Gasteiger partial charge is 0.0254 e. The number of halogens is 2. The molecule has 0 aliphatic rings. The Hall–Kier alpha value is -1.64. The zero-order chi connectivity index (χ0) is 14.8. The molecule has 0 atom stereocenters. The van der Waals surface area contributed by atoms with E-state index in [1.807, 2.05) is 0 Å². The lowest BCUT2D eigenvalue weighted by Gasteiger charge is -2.15. The fourth-order valence-corrected chi connectivity index (χ4v) is 4.57. The van der Waals surface area contributed by atoms with Crippen LogP contribution in [0.15, 0.2) is 69.6 Å². The highest BCUT2D eigenvalue weighted by atomic mass is 79.9. The van der Waals surface area contributed by atoms with Crippen molar-refractivity contribution in [1.82, 2.24) is 0 Å². The first kappa shape index (κ1) is 12.9. The van der Waals surface area contributed by atoms with Gasteiger partial charge in [-0.25, -0.2) is 0 Å². The summed E-state index contributed by atoms with van der Waals surface area (Å²) in [4.78, 5) is 0. The Labute approximate surface area is 144 Å². The van der Waals surface area contributed by atoms with Crippen molar-refractivity contribution in [2.24, 2.45) is 0 Å². The molecule has 0 heterocycles. The van der Waals surface area contributed by atoms with Gasteiger partial charge in [0.05, 0.1) is 0 Å². The molecule has 0 aliphatic heterocycles. The van der Waals surface area contributed by atoms with Crippen molar-refractivity contribution in [3.8, 4) is 0 Å². The zero-order valence-corrected chi connectivity index (χ0v) is 14.7. The maximum Gasteiger partial charge on any atom is 0.0254 e. The van der Waals surface area contributed by atoms with E-state index < -0.39 is 0 Å². The SMILES string of the molecule is Brc1ccc2c3cccc4c(Br)ccc(c5cccc1c52)c43. The van der Waals surface area contributed by atoms with Crippen LogP contribution >= 0.6 is 31.9 Å². The van der Waals surface area contributed by atoms with Crippen LogP contribution in [0.4, 0.5) is 0 Å². The summed E-state index contributed by atoms with van der Waals surface area (Å²) in [5.74, 6) is 0. The number of hydrogen-bond donors (Lipinski definition) is 0. The highest BCUT2D eigenvalue weighted by Gasteiger charge is 2.14. The second kappa shape index (κ2) is 4.43. The number of fused-ring (bicyclic) bond motifs is 2. The summed E-state index contributed by atoms with van der Waals surface area (Å²) in [5.41, 5.74) is 0. The van der Waals surface area contributed by atoms with Crippen LogP contribution < -0.4 is 0 Å². The molecule has 2 heteroatoms. The standard InChI is InChI=1S/C20H10Br2/c21-17-9-8-14-12-4-2-6-16-18(22)10-7-13(20(12)16)11-3-1-5-15(17)19(11)14/h1-10H. The fourth-order valence-electron chi connectivity index (χ4n) is 3.64. The van der Waals surface area contributed by atoms with E-state index in [9.17, 15) is 0 Å². The van der Waals surface area contributed by atoms with Gasteiger partial charge in [-0.15, -0.1) is 0 Å². The van der Waals surface area contributed by atoms with Crippen molar-refractivity contribution in [1.29, 1.82) is 0 Å². The summed E-state index contributed by atoms with van der Waals surface area (Å²) >= 11 is 7.40. The molecule has 0 spiro atoms. The normalized spacial score (nSPS) is 12.1. The van der Waals surface area contributed by atoms with E-state index in [-0.39, 0.29) is 0 Å². The molecule has 0 saturated heterocycles. The molecule has 0 saturated carbocycles. The topological polar surface area (TPSA) is 0 Å². The van der Waals surface area contributed by atoms with Crippen LogP contribution in [0.2, 0.25) is 0 Å². The fraction of sp³-hybridized carbons (Fsp3) is 0. The van der Waals surface area contributed by atoms with Crippen LogP contribution in [0.1, 0.15) is 0 Å². The van der Waals surface area contributed by atoms with E-state index >= 15 is 0 Å². The Morgan fingerprint density at radius 3 is 1.23 bits per heavy atom. The van der Waals surface area contributed by atoms with Crippen LogP contribution in [0.5, 0.6) is 0 Å². The molecule has 104 valence electrons. The Kier molecular flexibility index (Phi) is 2.59. The van der Waals surface area contributed by atoms with Crippen molar-refractivity contribution in [3.63, 3.8) is 0 Å². The molecule has 0 radical (unpaired) electrons. The number of benzene rings is 5. The molecule has 0 nitrogen and oxygen atoms in total. The van der Waals surface area contributed by atoms with E-state index in [1.165, 1.54) is 43.1 Å². The molecule has 0 bridgehead atoms. The maximum absolute atomic E-state index is 3.70. The van der Waals surface area contributed by atoms with Crippen LogP contribution in [-0.2, 0) is 0 Å². The molecule has 5 aromatic carbocycles. The lowest BCUT2D eigenvalue weighted by molar-refractivity contribution is 1.74. The van der Waals surface area contributed by atoms with Gasteiger partial charge in [0.2, 0.25) is 0 Å². The van der Waals surface area contributed by atoms with Gasteiger partial charge in [0.15, 0.2) is 0 Å². The Morgan fingerprint density at radius 1 is 0.409 bits per heavy atom. The van der Waals surface area contributed by atoms with E-state index in [4.69, 9.17) is 0 Å². The molecule has 5 rings (SSSR count). The van der Waals surface area contributed by atoms with Crippen molar-refractivity contribution < 1.29 is 0 Å². The number of rotatable bonds is 0. The first-order valence-electron chi connectivity index (χ1n) is 7.19. The molecule has 0 unspecified atom stereocenters. The Balaban J connectivity index is 2.28. The molecule has 0 fully saturated rings. The molecule has 5 aromatic rings. The summed E-state index contributed by atoms with van der Waals surface area (Å²) in [6.07, 6.45) is 0. The van der Waals surface area contributed by atoms with Gasteiger partial charge < -0.3 is 0 Å². The third-order valence-corrected chi connectivity index (χ3v) is 5.94. The molecule has 0 aliphatic carbocycles. The van der Waals surface area contributed by atoms with E-state index in [2.05, 4.69) is 92.5 Å². The molecule has 0 aromatic heterocycles. The van der Waals surface area contributed by atoms with Gasteiger partial charge in [0.1, 0.15) is 0 Å². The third-order valence-electron chi connectivity index (χ3n) is 4.56. The third kappa shape index (κ3) is 1.52. The minimum absolute atomic E-state index is 1.15. The van der Waals surface area contributed by atoms with Crippen molar-refractivity contribution in [2.75, 3.05) is 0 Å². The molecule has 0 amide bonds. The molecular weight excluding hydrogens is 400 g/mol. The summed E-state index contributed by atoms with van der Waals surface area (Å²) in [7, 11) is 0. The highest BCUT2D eigenvalue weighted by molar-refractivity contribution is 9.11. The van der Waals surface area contributed by atoms with Gasteiger partial charge in [-0.3, -0.25) is 0 Å². The van der Waals surface area contributed by atoms with E-state index in [0.717, 1.165) is 8.95 Å². The minimum atomic E-state index is 1.15. The van der Waals surface area contributed by atoms with Crippen LogP contribution in [0, 0.1) is 0 Å². The lowest BCUT2D eigenvalue weighted by Crippen LogP contribution is -1.87. The van der Waals surface area contributed by atoms with Gasteiger partial charge in [0.25, 0.3) is 0 Å². The predicted molar refractivity (Wildman–Crippen MR) is 103 cm³/mol. The zero-order valence-electron chi connectivity index (χ0n) is 11.5. The van der Waals surface area contributed by atoms with Gasteiger partial charge in [-0.05, 0) is 55.2 Å². The first-order chi connectivity index (χ1) is 10.8. The van der Waals surface area contributed by atoms with E-state index in [1.54, 1.807) is 0 Å². The van der Waals surface area contributed by atoms with E-state index in [0.29, 0.717) is 0 Å². The molecule has 0 N–H and O–H groups in total. The maximum atomic E-state index is 3.70. The van der Waals surface area contributed by atoms with Gasteiger partial charge in [-0.2, -0.15) is 0 Å². The van der Waals surface area contributed by atoms with Crippen molar-refractivity contribution in [2.45, 2.75) is 0 Å². The Morgan fingerprint density at radius 2 is 0.773 bits per heavy atom. The van der Waals surface area contributed by atoms with Gasteiger partial charge >= 0.3 is 0 Å². The molecule has 22 heavy (non-hydrogen) atoms. The van der Waals surface area contributed by atoms with Gasteiger partial charge in [0, 0.05) is 8.95 Å². The highest BCUT2D eigenvalue weighted by Crippen LogP contribution is 2.43. The summed E-state index contributed by atoms with van der Waals surface area (Å²) < 4.78 is 2.31. The predicted octanol–water partition coefficient (Wildman–Crippen LogP) is 7.26. The quantitative estimate of drug-likeness (QED) is 0.186. The number of hydrogen-bond acceptors (Lipinski definition) is 0. The van der Waals surface area contributed by atoms with Crippen molar-refractivity contribution >= 4 is 74.9 Å². The second-order valence-electron chi connectivity index (χ2n) is 5.65. The van der Waals surface area contributed by atoms with Crippen LogP contribution in [0.3, 0.4) is 0 Å². The van der Waals surface area contributed by atoms with Gasteiger partial charge in [-0.1, -0.05) is 80.4 Å². The average molecular weight is 410 g/mol. The monoisotopic (exact) mass is 408 g/mol. The van der Waals surface area contributed by atoms with Crippen molar-refractivity contribution in [3.05, 3.63) is 69.6 Å².